The maximum Gasteiger partial charge on any atom is 0.418 e. The van der Waals surface area contributed by atoms with Crippen molar-refractivity contribution in [3.63, 3.8) is 0 Å². The first-order chi connectivity index (χ1) is 13.2. The van der Waals surface area contributed by atoms with Crippen molar-refractivity contribution >= 4 is 23.6 Å². The van der Waals surface area contributed by atoms with Crippen molar-refractivity contribution in [3.8, 4) is 5.75 Å². The number of aromatic hydroxyl groups is 1. The van der Waals surface area contributed by atoms with Crippen LogP contribution >= 0.6 is 0 Å². The lowest BCUT2D eigenvalue weighted by atomic mass is 10.1. The summed E-state index contributed by atoms with van der Waals surface area (Å²) < 4.78 is 53.6. The van der Waals surface area contributed by atoms with Gasteiger partial charge in [-0.3, -0.25) is 9.59 Å². The van der Waals surface area contributed by atoms with Crippen LogP contribution in [0.1, 0.15) is 39.1 Å². The molecule has 1 aliphatic heterocycles. The van der Waals surface area contributed by atoms with Crippen molar-refractivity contribution in [1.82, 2.24) is 0 Å². The molecule has 2 aromatic rings. The van der Waals surface area contributed by atoms with Crippen molar-refractivity contribution in [2.45, 2.75) is 19.0 Å². The van der Waals surface area contributed by atoms with Crippen molar-refractivity contribution in [2.75, 3.05) is 23.3 Å². The molecule has 5 nitrogen and oxygen atoms in total. The maximum absolute atomic E-state index is 13.7. The van der Waals surface area contributed by atoms with Crippen LogP contribution in [0.2, 0.25) is 0 Å². The third-order valence-corrected chi connectivity index (χ3v) is 4.49. The molecule has 2 aromatic carbocycles. The molecular weight excluding hydrogens is 380 g/mol. The van der Waals surface area contributed by atoms with Crippen LogP contribution in [0.3, 0.4) is 0 Å². The molecule has 2 N–H and O–H groups in total. The fraction of sp³-hybridized carbons (Fsp3) is 0.263. The molecule has 0 bridgehead atoms. The van der Waals surface area contributed by atoms with E-state index in [-0.39, 0.29) is 23.2 Å². The van der Waals surface area contributed by atoms with Crippen LogP contribution < -0.4 is 10.2 Å². The molecule has 9 heteroatoms. The van der Waals surface area contributed by atoms with Gasteiger partial charge in [0.25, 0.3) is 5.91 Å². The molecule has 1 fully saturated rings. The second-order valence-electron chi connectivity index (χ2n) is 6.39. The van der Waals surface area contributed by atoms with E-state index in [1.807, 2.05) is 0 Å². The highest BCUT2D eigenvalue weighted by Crippen LogP contribution is 2.39. The van der Waals surface area contributed by atoms with Gasteiger partial charge in [0.05, 0.1) is 16.8 Å². The average molecular weight is 396 g/mol. The molecule has 1 amide bonds. The zero-order valence-electron chi connectivity index (χ0n) is 14.5. The minimum Gasteiger partial charge on any atom is -0.504 e. The molecule has 1 aliphatic rings. The minimum atomic E-state index is -4.54. The Labute approximate surface area is 157 Å². The Morgan fingerprint density at radius 3 is 2.43 bits per heavy atom. The molecule has 1 heterocycles. The van der Waals surface area contributed by atoms with Crippen LogP contribution in [0.15, 0.2) is 30.3 Å². The Morgan fingerprint density at radius 1 is 1.14 bits per heavy atom. The minimum absolute atomic E-state index is 0.0340. The van der Waals surface area contributed by atoms with Gasteiger partial charge in [0.15, 0.2) is 17.9 Å². The summed E-state index contributed by atoms with van der Waals surface area (Å²) in [6.45, 7) is 0.957. The van der Waals surface area contributed by atoms with Crippen LogP contribution in [0.25, 0.3) is 0 Å². The van der Waals surface area contributed by atoms with Crippen molar-refractivity contribution in [2.24, 2.45) is 0 Å². The number of carbonyl (C=O) groups excluding carboxylic acids is 2. The number of amides is 1. The highest BCUT2D eigenvalue weighted by molar-refractivity contribution is 6.05. The van der Waals surface area contributed by atoms with Gasteiger partial charge in [-0.2, -0.15) is 13.2 Å². The fourth-order valence-electron chi connectivity index (χ4n) is 3.11. The summed E-state index contributed by atoms with van der Waals surface area (Å²) >= 11 is 0. The van der Waals surface area contributed by atoms with Gasteiger partial charge in [-0.25, -0.2) is 4.39 Å². The average Bonchev–Trinajstić information content (AvgIpc) is 3.17. The molecule has 0 aromatic heterocycles. The molecule has 0 spiro atoms. The first kappa shape index (κ1) is 19.7. The number of halogens is 4. The molecule has 148 valence electrons. The molecule has 1 saturated heterocycles. The number of nitrogens with one attached hydrogen (secondary N) is 1. The number of phenolic OH excluding ortho intramolecular Hbond substituents is 1. The normalized spacial score (nSPS) is 14.2. The Bertz CT molecular complexity index is 922. The number of hydrogen-bond donors (Lipinski definition) is 2. The quantitative estimate of drug-likeness (QED) is 0.600. The molecule has 3 rings (SSSR count). The van der Waals surface area contributed by atoms with Gasteiger partial charge in [0.2, 0.25) is 0 Å². The van der Waals surface area contributed by atoms with E-state index in [0.29, 0.717) is 13.1 Å². The first-order valence-electron chi connectivity index (χ1n) is 8.46. The Kier molecular flexibility index (Phi) is 5.26. The van der Waals surface area contributed by atoms with Crippen molar-refractivity contribution in [1.29, 1.82) is 0 Å². The number of rotatable bonds is 4. The number of nitrogens with zero attached hydrogens (tertiary/aromatic N) is 1. The molecule has 0 aliphatic carbocycles. The van der Waals surface area contributed by atoms with Gasteiger partial charge < -0.3 is 15.3 Å². The van der Waals surface area contributed by atoms with Crippen LogP contribution in [-0.4, -0.2) is 30.4 Å². The van der Waals surface area contributed by atoms with Gasteiger partial charge in [-0.1, -0.05) is 0 Å². The summed E-state index contributed by atoms with van der Waals surface area (Å²) in [4.78, 5) is 24.8. The second kappa shape index (κ2) is 7.49. The third kappa shape index (κ3) is 3.92. The Morgan fingerprint density at radius 2 is 1.82 bits per heavy atom. The third-order valence-electron chi connectivity index (χ3n) is 4.49. The molecule has 0 saturated carbocycles. The molecular formula is C19H16F4N2O3. The smallest absolute Gasteiger partial charge is 0.418 e. The Balaban J connectivity index is 1.92. The van der Waals surface area contributed by atoms with E-state index in [1.54, 1.807) is 4.90 Å². The standard InChI is InChI=1S/C19H16F4N2O3/c20-15-8-11(7-12(10-26)17(15)27)18(28)24-13-3-4-14(19(21,22)23)16(9-13)25-5-1-2-6-25/h3-4,7-10,27H,1-2,5-6H2,(H,24,28). The number of phenols is 1. The van der Waals surface area contributed by atoms with Crippen LogP contribution in [0.5, 0.6) is 5.75 Å². The number of aldehydes is 1. The van der Waals surface area contributed by atoms with Gasteiger partial charge in [-0.05, 0) is 43.2 Å². The van der Waals surface area contributed by atoms with Crippen molar-refractivity contribution in [3.05, 3.63) is 52.8 Å². The molecule has 0 unspecified atom stereocenters. The van der Waals surface area contributed by atoms with Crippen molar-refractivity contribution < 1.29 is 32.3 Å². The van der Waals surface area contributed by atoms with E-state index in [1.165, 1.54) is 6.07 Å². The highest BCUT2D eigenvalue weighted by atomic mass is 19.4. The van der Waals surface area contributed by atoms with E-state index in [9.17, 15) is 32.3 Å². The summed E-state index contributed by atoms with van der Waals surface area (Å²) in [5, 5.41) is 11.8. The van der Waals surface area contributed by atoms with E-state index in [4.69, 9.17) is 0 Å². The van der Waals surface area contributed by atoms with Crippen LogP contribution in [0, 0.1) is 5.82 Å². The lowest BCUT2D eigenvalue weighted by molar-refractivity contribution is -0.137. The second-order valence-corrected chi connectivity index (χ2v) is 6.39. The van der Waals surface area contributed by atoms with Crippen LogP contribution in [-0.2, 0) is 6.18 Å². The number of benzene rings is 2. The number of alkyl halides is 3. The van der Waals surface area contributed by atoms with E-state index >= 15 is 0 Å². The maximum atomic E-state index is 13.7. The van der Waals surface area contributed by atoms with Gasteiger partial charge in [0.1, 0.15) is 0 Å². The monoisotopic (exact) mass is 396 g/mol. The SMILES string of the molecule is O=Cc1cc(C(=O)Nc2ccc(C(F)(F)F)c(N3CCCC3)c2)cc(F)c1O. The van der Waals surface area contributed by atoms with E-state index < -0.39 is 34.8 Å². The lowest BCUT2D eigenvalue weighted by Crippen LogP contribution is -2.22. The van der Waals surface area contributed by atoms with Crippen LogP contribution in [0.4, 0.5) is 28.9 Å². The Hall–Kier alpha value is -3.10. The zero-order valence-corrected chi connectivity index (χ0v) is 14.5. The summed E-state index contributed by atoms with van der Waals surface area (Å²) in [5.41, 5.74) is -1.39. The van der Waals surface area contributed by atoms with Gasteiger partial charge in [0, 0.05) is 24.3 Å². The van der Waals surface area contributed by atoms with Gasteiger partial charge in [-0.15, -0.1) is 0 Å². The predicted molar refractivity (Wildman–Crippen MR) is 94.3 cm³/mol. The summed E-state index contributed by atoms with van der Waals surface area (Å²) in [6.07, 6.45) is -2.80. The molecule has 0 radical (unpaired) electrons. The van der Waals surface area contributed by atoms with E-state index in [2.05, 4.69) is 5.32 Å². The lowest BCUT2D eigenvalue weighted by Gasteiger charge is -2.23. The number of carbonyl (C=O) groups is 2. The first-order valence-corrected chi connectivity index (χ1v) is 8.46. The molecule has 28 heavy (non-hydrogen) atoms. The summed E-state index contributed by atoms with van der Waals surface area (Å²) in [6, 6.07) is 4.95. The fourth-order valence-corrected chi connectivity index (χ4v) is 3.11. The topological polar surface area (TPSA) is 69.6 Å². The largest absolute Gasteiger partial charge is 0.504 e. The molecule has 0 atom stereocenters. The predicted octanol–water partition coefficient (Wildman–Crippen LogP) is 4.22. The van der Waals surface area contributed by atoms with E-state index in [0.717, 1.165) is 37.1 Å². The summed E-state index contributed by atoms with van der Waals surface area (Å²) in [7, 11) is 0. The highest BCUT2D eigenvalue weighted by Gasteiger charge is 2.35. The number of hydrogen-bond acceptors (Lipinski definition) is 4. The van der Waals surface area contributed by atoms with Gasteiger partial charge >= 0.3 is 6.18 Å². The zero-order chi connectivity index (χ0) is 20.5. The summed E-state index contributed by atoms with van der Waals surface area (Å²) in [5.74, 6) is -2.86. The number of anilines is 2.